The molecule has 0 aromatic heterocycles. The molecule has 1 aromatic carbocycles. The summed E-state index contributed by atoms with van der Waals surface area (Å²) in [4.78, 5) is 0. The Morgan fingerprint density at radius 2 is 1.90 bits per heavy atom. The normalized spacial score (nSPS) is 38.7. The van der Waals surface area contributed by atoms with E-state index in [4.69, 9.17) is 0 Å². The molecule has 0 radical (unpaired) electrons. The summed E-state index contributed by atoms with van der Waals surface area (Å²) < 4.78 is 27.3. The zero-order chi connectivity index (χ0) is 14.6. The summed E-state index contributed by atoms with van der Waals surface area (Å²) in [5, 5.41) is 3.60. The molecule has 0 amide bonds. The van der Waals surface area contributed by atoms with Gasteiger partial charge in [-0.1, -0.05) is 18.6 Å². The molecule has 0 aliphatic heterocycles. The Bertz CT molecular complexity index is 544. The van der Waals surface area contributed by atoms with E-state index in [1.54, 1.807) is 12.1 Å². The topological polar surface area (TPSA) is 12.0 Å². The first kappa shape index (κ1) is 13.7. The van der Waals surface area contributed by atoms with Crippen molar-refractivity contribution < 1.29 is 8.78 Å². The molecule has 3 aliphatic rings. The van der Waals surface area contributed by atoms with E-state index in [9.17, 15) is 8.78 Å². The highest BCUT2D eigenvalue weighted by molar-refractivity contribution is 5.22. The number of rotatable bonds is 3. The second-order valence-electron chi connectivity index (χ2n) is 7.29. The maximum atomic E-state index is 13.9. The standard InChI is InChI=1S/C18H23F2N/c1-10(12-4-3-7-16(19)18(12)20)21-17-9-11-8-15(17)14-6-2-5-13(11)14/h3-4,7,10-11,13-15,17,21H,2,5-6,8-9H2,1H3. The minimum absolute atomic E-state index is 0.120. The van der Waals surface area contributed by atoms with Gasteiger partial charge in [0.05, 0.1) is 0 Å². The van der Waals surface area contributed by atoms with Gasteiger partial charge in [0.25, 0.3) is 0 Å². The van der Waals surface area contributed by atoms with E-state index in [1.165, 1.54) is 38.2 Å². The van der Waals surface area contributed by atoms with Crippen LogP contribution >= 0.6 is 0 Å². The van der Waals surface area contributed by atoms with Crippen LogP contribution in [0.2, 0.25) is 0 Å². The number of hydrogen-bond donors (Lipinski definition) is 1. The lowest BCUT2D eigenvalue weighted by atomic mass is 9.79. The molecule has 3 heteroatoms. The van der Waals surface area contributed by atoms with Crippen molar-refractivity contribution in [2.75, 3.05) is 0 Å². The third kappa shape index (κ3) is 2.12. The van der Waals surface area contributed by atoms with Crippen molar-refractivity contribution in [1.82, 2.24) is 5.32 Å². The van der Waals surface area contributed by atoms with Crippen molar-refractivity contribution in [2.45, 2.75) is 51.1 Å². The van der Waals surface area contributed by atoms with Crippen LogP contribution in [-0.2, 0) is 0 Å². The fourth-order valence-corrected chi connectivity index (χ4v) is 5.53. The van der Waals surface area contributed by atoms with Gasteiger partial charge in [0.15, 0.2) is 11.6 Å². The molecule has 2 bridgehead atoms. The molecule has 114 valence electrons. The van der Waals surface area contributed by atoms with Gasteiger partial charge in [-0.05, 0) is 62.3 Å². The molecule has 3 fully saturated rings. The van der Waals surface area contributed by atoms with Crippen LogP contribution < -0.4 is 5.32 Å². The van der Waals surface area contributed by atoms with E-state index in [0.29, 0.717) is 11.6 Å². The summed E-state index contributed by atoms with van der Waals surface area (Å²) in [5.41, 5.74) is 0.459. The van der Waals surface area contributed by atoms with Crippen LogP contribution in [0, 0.1) is 35.3 Å². The zero-order valence-electron chi connectivity index (χ0n) is 12.5. The molecular formula is C18H23F2N. The van der Waals surface area contributed by atoms with E-state index in [2.05, 4.69) is 5.32 Å². The lowest BCUT2D eigenvalue weighted by Gasteiger charge is -2.34. The molecule has 0 saturated heterocycles. The molecule has 3 aliphatic carbocycles. The largest absolute Gasteiger partial charge is 0.307 e. The SMILES string of the molecule is CC(NC1CC2CC1C1CCCC21)c1cccc(F)c1F. The molecular weight excluding hydrogens is 268 g/mol. The zero-order valence-corrected chi connectivity index (χ0v) is 12.5. The van der Waals surface area contributed by atoms with E-state index >= 15 is 0 Å². The summed E-state index contributed by atoms with van der Waals surface area (Å²) in [5.74, 6) is 2.07. The van der Waals surface area contributed by atoms with Gasteiger partial charge in [-0.2, -0.15) is 0 Å². The van der Waals surface area contributed by atoms with Gasteiger partial charge in [0.1, 0.15) is 0 Å². The Balaban J connectivity index is 1.48. The van der Waals surface area contributed by atoms with Gasteiger partial charge >= 0.3 is 0 Å². The van der Waals surface area contributed by atoms with Crippen molar-refractivity contribution in [3.63, 3.8) is 0 Å². The Hall–Kier alpha value is -0.960. The summed E-state index contributed by atoms with van der Waals surface area (Å²) >= 11 is 0. The second-order valence-corrected chi connectivity index (χ2v) is 7.29. The summed E-state index contributed by atoms with van der Waals surface area (Å²) in [7, 11) is 0. The fraction of sp³-hybridized carbons (Fsp3) is 0.667. The van der Waals surface area contributed by atoms with Gasteiger partial charge in [0, 0.05) is 17.6 Å². The molecule has 0 heterocycles. The van der Waals surface area contributed by atoms with Crippen LogP contribution in [0.5, 0.6) is 0 Å². The highest BCUT2D eigenvalue weighted by atomic mass is 19.2. The van der Waals surface area contributed by atoms with Crippen LogP contribution in [0.25, 0.3) is 0 Å². The van der Waals surface area contributed by atoms with E-state index < -0.39 is 11.6 Å². The number of hydrogen-bond acceptors (Lipinski definition) is 1. The lowest BCUT2D eigenvalue weighted by Crippen LogP contribution is -2.40. The second kappa shape index (κ2) is 5.05. The Labute approximate surface area is 125 Å². The molecule has 3 saturated carbocycles. The van der Waals surface area contributed by atoms with Crippen LogP contribution in [0.1, 0.15) is 50.6 Å². The number of benzene rings is 1. The predicted molar refractivity (Wildman–Crippen MR) is 78.7 cm³/mol. The molecule has 1 nitrogen and oxygen atoms in total. The minimum Gasteiger partial charge on any atom is -0.307 e. The number of fused-ring (bicyclic) bond motifs is 5. The van der Waals surface area contributed by atoms with Crippen LogP contribution in [0.15, 0.2) is 18.2 Å². The maximum Gasteiger partial charge on any atom is 0.163 e. The Morgan fingerprint density at radius 1 is 1.10 bits per heavy atom. The third-order valence-corrected chi connectivity index (χ3v) is 6.34. The minimum atomic E-state index is -0.745. The molecule has 1 N–H and O–H groups in total. The van der Waals surface area contributed by atoms with Crippen molar-refractivity contribution >= 4 is 0 Å². The van der Waals surface area contributed by atoms with E-state index in [1.807, 2.05) is 6.92 Å². The monoisotopic (exact) mass is 291 g/mol. The van der Waals surface area contributed by atoms with Gasteiger partial charge < -0.3 is 5.32 Å². The van der Waals surface area contributed by atoms with E-state index in [-0.39, 0.29) is 6.04 Å². The molecule has 1 aromatic rings. The summed E-state index contributed by atoms with van der Waals surface area (Å²) in [6.07, 6.45) is 6.78. The van der Waals surface area contributed by atoms with Crippen LogP contribution in [0.4, 0.5) is 8.78 Å². The molecule has 6 unspecified atom stereocenters. The predicted octanol–water partition coefficient (Wildman–Crippen LogP) is 4.44. The Morgan fingerprint density at radius 3 is 2.76 bits per heavy atom. The van der Waals surface area contributed by atoms with Crippen LogP contribution in [0.3, 0.4) is 0 Å². The van der Waals surface area contributed by atoms with Crippen LogP contribution in [-0.4, -0.2) is 6.04 Å². The first-order chi connectivity index (χ1) is 10.1. The molecule has 4 rings (SSSR count). The first-order valence-electron chi connectivity index (χ1n) is 8.35. The Kier molecular flexibility index (Phi) is 3.29. The average molecular weight is 291 g/mol. The fourth-order valence-electron chi connectivity index (χ4n) is 5.53. The average Bonchev–Trinajstić information content (AvgIpc) is 3.13. The van der Waals surface area contributed by atoms with Gasteiger partial charge in [-0.15, -0.1) is 0 Å². The highest BCUT2D eigenvalue weighted by Gasteiger charge is 2.53. The van der Waals surface area contributed by atoms with Gasteiger partial charge in [-0.3, -0.25) is 0 Å². The molecule has 0 spiro atoms. The molecule has 21 heavy (non-hydrogen) atoms. The summed E-state index contributed by atoms with van der Waals surface area (Å²) in [6.45, 7) is 1.95. The highest BCUT2D eigenvalue weighted by Crippen LogP contribution is 2.58. The number of halogens is 2. The maximum absolute atomic E-state index is 13.9. The lowest BCUT2D eigenvalue weighted by molar-refractivity contribution is 0.199. The smallest absolute Gasteiger partial charge is 0.163 e. The molecule has 6 atom stereocenters. The quantitative estimate of drug-likeness (QED) is 0.868. The van der Waals surface area contributed by atoms with Gasteiger partial charge in [-0.25, -0.2) is 8.78 Å². The third-order valence-electron chi connectivity index (χ3n) is 6.34. The van der Waals surface area contributed by atoms with Crippen molar-refractivity contribution in [1.29, 1.82) is 0 Å². The van der Waals surface area contributed by atoms with Crippen molar-refractivity contribution in [3.8, 4) is 0 Å². The van der Waals surface area contributed by atoms with E-state index in [0.717, 1.165) is 23.7 Å². The van der Waals surface area contributed by atoms with Crippen molar-refractivity contribution in [2.24, 2.45) is 23.7 Å². The first-order valence-corrected chi connectivity index (χ1v) is 8.35. The van der Waals surface area contributed by atoms with Crippen molar-refractivity contribution in [3.05, 3.63) is 35.4 Å². The number of nitrogens with one attached hydrogen (secondary N) is 1. The van der Waals surface area contributed by atoms with Gasteiger partial charge in [0.2, 0.25) is 0 Å². The summed E-state index contributed by atoms with van der Waals surface area (Å²) in [6, 6.07) is 4.85.